The smallest absolute Gasteiger partial charge is 0.0794 e. The van der Waals surface area contributed by atoms with E-state index >= 15 is 0 Å². The molecule has 2 saturated carbocycles. The number of nitrogens with zero attached hydrogens (tertiary/aromatic N) is 1. The van der Waals surface area contributed by atoms with Gasteiger partial charge in [0, 0.05) is 17.1 Å². The Morgan fingerprint density at radius 2 is 2.31 bits per heavy atom. The average molecular weight is 236 g/mol. The van der Waals surface area contributed by atoms with E-state index in [4.69, 9.17) is 0 Å². The monoisotopic (exact) mass is 236 g/mol. The van der Waals surface area contributed by atoms with E-state index in [-0.39, 0.29) is 0 Å². The number of nitrogens with one attached hydrogen (secondary N) is 1. The van der Waals surface area contributed by atoms with Gasteiger partial charge in [-0.1, -0.05) is 13.3 Å². The molecule has 1 aromatic rings. The first-order chi connectivity index (χ1) is 7.90. The summed E-state index contributed by atoms with van der Waals surface area (Å²) < 4.78 is 0. The van der Waals surface area contributed by atoms with Gasteiger partial charge in [0.1, 0.15) is 0 Å². The van der Waals surface area contributed by atoms with Crippen LogP contribution in [0.15, 0.2) is 11.7 Å². The number of hydrogen-bond acceptors (Lipinski definition) is 3. The van der Waals surface area contributed by atoms with Crippen LogP contribution < -0.4 is 5.32 Å². The Bertz CT molecular complexity index is 326. The first-order valence-electron chi connectivity index (χ1n) is 6.51. The Morgan fingerprint density at radius 1 is 1.50 bits per heavy atom. The van der Waals surface area contributed by atoms with Crippen molar-refractivity contribution in [2.24, 2.45) is 17.8 Å². The van der Waals surface area contributed by atoms with Crippen molar-refractivity contribution in [3.8, 4) is 0 Å². The molecule has 0 amide bonds. The molecule has 88 valence electrons. The zero-order chi connectivity index (χ0) is 11.0. The summed E-state index contributed by atoms with van der Waals surface area (Å²) in [6, 6.07) is 0.709. The molecule has 2 fully saturated rings. The molecule has 2 aliphatic rings. The van der Waals surface area contributed by atoms with Crippen LogP contribution in [0, 0.1) is 17.8 Å². The quantitative estimate of drug-likeness (QED) is 0.850. The maximum Gasteiger partial charge on any atom is 0.0794 e. The SMILES string of the molecule is CCNC(Cc1cncs1)C1C2CCCC21. The van der Waals surface area contributed by atoms with Crippen molar-refractivity contribution in [1.82, 2.24) is 10.3 Å². The van der Waals surface area contributed by atoms with Gasteiger partial charge in [-0.2, -0.15) is 0 Å². The van der Waals surface area contributed by atoms with E-state index < -0.39 is 0 Å². The molecule has 1 aromatic heterocycles. The topological polar surface area (TPSA) is 24.9 Å². The van der Waals surface area contributed by atoms with Gasteiger partial charge in [-0.3, -0.25) is 4.98 Å². The standard InChI is InChI=1S/C13H20N2S/c1-2-15-12(6-9-7-14-8-16-9)13-10-4-3-5-11(10)13/h7-8,10-13,15H,2-6H2,1H3. The second-order valence-electron chi connectivity index (χ2n) is 5.17. The van der Waals surface area contributed by atoms with Crippen LogP contribution in [0.5, 0.6) is 0 Å². The Kier molecular flexibility index (Phi) is 2.99. The van der Waals surface area contributed by atoms with Gasteiger partial charge in [0.2, 0.25) is 0 Å². The van der Waals surface area contributed by atoms with E-state index in [1.165, 1.54) is 30.6 Å². The van der Waals surface area contributed by atoms with Crippen LogP contribution in [0.2, 0.25) is 0 Å². The molecule has 3 rings (SSSR count). The second-order valence-corrected chi connectivity index (χ2v) is 6.14. The molecule has 1 heterocycles. The Morgan fingerprint density at radius 3 is 2.94 bits per heavy atom. The molecule has 1 N–H and O–H groups in total. The van der Waals surface area contributed by atoms with E-state index in [0.717, 1.165) is 24.3 Å². The van der Waals surface area contributed by atoms with Crippen molar-refractivity contribution in [3.63, 3.8) is 0 Å². The fraction of sp³-hybridized carbons (Fsp3) is 0.769. The molecule has 3 atom stereocenters. The van der Waals surface area contributed by atoms with Gasteiger partial charge in [0.05, 0.1) is 5.51 Å². The lowest BCUT2D eigenvalue weighted by atomic mass is 10.0. The van der Waals surface area contributed by atoms with E-state index in [2.05, 4.69) is 17.2 Å². The van der Waals surface area contributed by atoms with Gasteiger partial charge in [-0.15, -0.1) is 11.3 Å². The molecule has 2 nitrogen and oxygen atoms in total. The number of rotatable bonds is 5. The molecule has 0 aliphatic heterocycles. The molecule has 0 spiro atoms. The Hall–Kier alpha value is -0.410. The van der Waals surface area contributed by atoms with Gasteiger partial charge in [-0.25, -0.2) is 0 Å². The lowest BCUT2D eigenvalue weighted by molar-refractivity contribution is 0.412. The van der Waals surface area contributed by atoms with Crippen LogP contribution in [-0.4, -0.2) is 17.6 Å². The highest BCUT2D eigenvalue weighted by Crippen LogP contribution is 2.59. The lowest BCUT2D eigenvalue weighted by Gasteiger charge is -2.18. The van der Waals surface area contributed by atoms with Crippen molar-refractivity contribution >= 4 is 11.3 Å². The van der Waals surface area contributed by atoms with Crippen LogP contribution in [0.3, 0.4) is 0 Å². The average Bonchev–Trinajstić information content (AvgIpc) is 2.76. The van der Waals surface area contributed by atoms with E-state index in [0.29, 0.717) is 6.04 Å². The Balaban J connectivity index is 1.63. The summed E-state index contributed by atoms with van der Waals surface area (Å²) in [7, 11) is 0. The summed E-state index contributed by atoms with van der Waals surface area (Å²) in [4.78, 5) is 5.62. The molecule has 0 bridgehead atoms. The van der Waals surface area contributed by atoms with Crippen molar-refractivity contribution in [2.75, 3.05) is 6.54 Å². The summed E-state index contributed by atoms with van der Waals surface area (Å²) in [6.45, 7) is 3.32. The maximum absolute atomic E-state index is 4.18. The van der Waals surface area contributed by atoms with Crippen molar-refractivity contribution in [3.05, 3.63) is 16.6 Å². The Labute approximate surface area is 101 Å². The molecular formula is C13H20N2S. The molecule has 0 aromatic carbocycles. The molecule has 0 saturated heterocycles. The highest BCUT2D eigenvalue weighted by atomic mass is 32.1. The van der Waals surface area contributed by atoms with Gasteiger partial charge in [-0.05, 0) is 43.6 Å². The van der Waals surface area contributed by atoms with Crippen molar-refractivity contribution in [2.45, 2.75) is 38.6 Å². The highest BCUT2D eigenvalue weighted by molar-refractivity contribution is 7.09. The summed E-state index contributed by atoms with van der Waals surface area (Å²) in [5, 5.41) is 3.69. The zero-order valence-electron chi connectivity index (χ0n) is 9.86. The fourth-order valence-electron chi connectivity index (χ4n) is 3.64. The van der Waals surface area contributed by atoms with Gasteiger partial charge >= 0.3 is 0 Å². The minimum absolute atomic E-state index is 0.709. The largest absolute Gasteiger partial charge is 0.314 e. The van der Waals surface area contributed by atoms with Gasteiger partial charge < -0.3 is 5.32 Å². The normalized spacial score (nSPS) is 33.7. The minimum Gasteiger partial charge on any atom is -0.314 e. The summed E-state index contributed by atoms with van der Waals surface area (Å²) in [5.74, 6) is 3.07. The van der Waals surface area contributed by atoms with Crippen LogP contribution in [-0.2, 0) is 6.42 Å². The first kappa shape index (κ1) is 10.7. The number of thiazole rings is 1. The third-order valence-electron chi connectivity index (χ3n) is 4.31. The van der Waals surface area contributed by atoms with Gasteiger partial charge in [0.15, 0.2) is 0 Å². The highest BCUT2D eigenvalue weighted by Gasteiger charge is 2.55. The maximum atomic E-state index is 4.18. The predicted molar refractivity (Wildman–Crippen MR) is 67.6 cm³/mol. The third-order valence-corrected chi connectivity index (χ3v) is 5.11. The van der Waals surface area contributed by atoms with Crippen LogP contribution in [0.1, 0.15) is 31.1 Å². The minimum atomic E-state index is 0.709. The van der Waals surface area contributed by atoms with Crippen molar-refractivity contribution in [1.29, 1.82) is 0 Å². The summed E-state index contributed by atoms with van der Waals surface area (Å²) in [6.07, 6.45) is 7.68. The number of fused-ring (bicyclic) bond motifs is 1. The summed E-state index contributed by atoms with van der Waals surface area (Å²) >= 11 is 1.80. The molecular weight excluding hydrogens is 216 g/mol. The van der Waals surface area contributed by atoms with Crippen LogP contribution >= 0.6 is 11.3 Å². The molecule has 0 radical (unpaired) electrons. The molecule has 3 unspecified atom stereocenters. The summed E-state index contributed by atoms with van der Waals surface area (Å²) in [5.41, 5.74) is 1.95. The predicted octanol–water partition coefficient (Wildman–Crippen LogP) is 2.71. The number of aromatic nitrogens is 1. The lowest BCUT2D eigenvalue weighted by Crippen LogP contribution is -2.34. The second kappa shape index (κ2) is 4.46. The molecule has 16 heavy (non-hydrogen) atoms. The zero-order valence-corrected chi connectivity index (χ0v) is 10.7. The van der Waals surface area contributed by atoms with Gasteiger partial charge in [0.25, 0.3) is 0 Å². The molecule has 3 heteroatoms. The van der Waals surface area contributed by atoms with E-state index in [1.54, 1.807) is 11.3 Å². The first-order valence-corrected chi connectivity index (χ1v) is 7.39. The van der Waals surface area contributed by atoms with Crippen molar-refractivity contribution < 1.29 is 0 Å². The number of likely N-dealkylation sites (N-methyl/N-ethyl adjacent to an activating group) is 1. The fourth-order valence-corrected chi connectivity index (χ4v) is 4.29. The van der Waals surface area contributed by atoms with E-state index in [1.807, 2.05) is 11.7 Å². The van der Waals surface area contributed by atoms with E-state index in [9.17, 15) is 0 Å². The number of hydrogen-bond donors (Lipinski definition) is 1. The van der Waals surface area contributed by atoms with Crippen LogP contribution in [0.25, 0.3) is 0 Å². The molecule has 2 aliphatic carbocycles. The van der Waals surface area contributed by atoms with Crippen LogP contribution in [0.4, 0.5) is 0 Å². The third kappa shape index (κ3) is 1.91.